The van der Waals surface area contributed by atoms with E-state index in [4.69, 9.17) is 0 Å². The third-order valence-corrected chi connectivity index (χ3v) is 3.53. The molecule has 0 fully saturated rings. The molecule has 0 saturated heterocycles. The lowest BCUT2D eigenvalue weighted by molar-refractivity contribution is 0.651. The summed E-state index contributed by atoms with van der Waals surface area (Å²) < 4.78 is 15.5. The van der Waals surface area contributed by atoms with Crippen molar-refractivity contribution in [3.8, 4) is 0 Å². The molecule has 0 aliphatic carbocycles. The number of benzene rings is 1. The highest BCUT2D eigenvalue weighted by Gasteiger charge is 2.17. The Balaban J connectivity index is 2.80. The molecule has 16 heavy (non-hydrogen) atoms. The van der Waals surface area contributed by atoms with Gasteiger partial charge in [0.1, 0.15) is 11.0 Å². The van der Waals surface area contributed by atoms with Gasteiger partial charge in [-0.15, -0.1) is 0 Å². The van der Waals surface area contributed by atoms with Gasteiger partial charge >= 0.3 is 0 Å². The summed E-state index contributed by atoms with van der Waals surface area (Å²) >= 11 is 0. The summed E-state index contributed by atoms with van der Waals surface area (Å²) in [6.45, 7) is 7.87. The zero-order valence-corrected chi connectivity index (χ0v) is 11.2. The molecule has 0 aliphatic rings. The summed E-state index contributed by atoms with van der Waals surface area (Å²) in [5.41, 5.74) is 2.28. The van der Waals surface area contributed by atoms with Gasteiger partial charge in [-0.2, -0.15) is 4.40 Å². The molecule has 1 unspecified atom stereocenters. The van der Waals surface area contributed by atoms with Crippen LogP contribution in [0.1, 0.15) is 38.8 Å². The first-order valence-electron chi connectivity index (χ1n) is 5.48. The second-order valence-electron chi connectivity index (χ2n) is 4.69. The van der Waals surface area contributed by atoms with Gasteiger partial charge in [0.15, 0.2) is 0 Å². The van der Waals surface area contributed by atoms with Gasteiger partial charge in [-0.1, -0.05) is 31.2 Å². The Morgan fingerprint density at radius 2 is 2.06 bits per heavy atom. The fourth-order valence-electron chi connectivity index (χ4n) is 1.16. The summed E-state index contributed by atoms with van der Waals surface area (Å²) in [6, 6.07) is 8.13. The van der Waals surface area contributed by atoms with Crippen LogP contribution in [0.5, 0.6) is 0 Å². The van der Waals surface area contributed by atoms with E-state index in [2.05, 4.69) is 23.5 Å². The summed E-state index contributed by atoms with van der Waals surface area (Å²) in [7, 11) is -1.18. The van der Waals surface area contributed by atoms with Gasteiger partial charge in [-0.25, -0.2) is 4.21 Å². The zero-order valence-electron chi connectivity index (χ0n) is 10.4. The minimum atomic E-state index is -1.18. The van der Waals surface area contributed by atoms with Crippen LogP contribution in [0.2, 0.25) is 0 Å². The van der Waals surface area contributed by atoms with Crippen LogP contribution < -0.4 is 0 Å². The van der Waals surface area contributed by atoms with E-state index in [1.54, 1.807) is 6.21 Å². The molecule has 0 saturated carbocycles. The average Bonchev–Trinajstić information content (AvgIpc) is 2.25. The molecule has 0 amide bonds. The van der Waals surface area contributed by atoms with E-state index in [1.165, 1.54) is 5.56 Å². The van der Waals surface area contributed by atoms with E-state index in [-0.39, 0.29) is 4.75 Å². The van der Waals surface area contributed by atoms with Crippen LogP contribution in [0.3, 0.4) is 0 Å². The Morgan fingerprint density at radius 3 is 2.62 bits per heavy atom. The van der Waals surface area contributed by atoms with E-state index >= 15 is 0 Å². The van der Waals surface area contributed by atoms with Crippen LogP contribution in [0, 0.1) is 0 Å². The maximum atomic E-state index is 11.7. The minimum Gasteiger partial charge on any atom is -0.234 e. The smallest absolute Gasteiger partial charge is 0.144 e. The molecular formula is C13H19NOS. The molecule has 3 heteroatoms. The second-order valence-corrected chi connectivity index (χ2v) is 6.63. The van der Waals surface area contributed by atoms with Gasteiger partial charge < -0.3 is 0 Å². The first-order chi connectivity index (χ1) is 7.43. The predicted molar refractivity (Wildman–Crippen MR) is 71.3 cm³/mol. The van der Waals surface area contributed by atoms with E-state index in [9.17, 15) is 4.21 Å². The molecule has 0 aromatic heterocycles. The zero-order chi connectivity index (χ0) is 12.2. The SMILES string of the molecule is CCc1cccc(C=NS(=O)C(C)(C)C)c1. The maximum absolute atomic E-state index is 11.7. The highest BCUT2D eigenvalue weighted by molar-refractivity contribution is 7.85. The molecule has 0 spiro atoms. The fourth-order valence-corrected chi connectivity index (χ4v) is 1.69. The normalized spacial score (nSPS) is 14.2. The van der Waals surface area contributed by atoms with Crippen molar-refractivity contribution in [1.29, 1.82) is 0 Å². The van der Waals surface area contributed by atoms with Crippen molar-refractivity contribution in [2.24, 2.45) is 4.40 Å². The fraction of sp³-hybridized carbons (Fsp3) is 0.462. The second kappa shape index (κ2) is 5.39. The van der Waals surface area contributed by atoms with Gasteiger partial charge in [-0.3, -0.25) is 0 Å². The van der Waals surface area contributed by atoms with Crippen molar-refractivity contribution in [3.05, 3.63) is 35.4 Å². The highest BCUT2D eigenvalue weighted by Crippen LogP contribution is 2.12. The lowest BCUT2D eigenvalue weighted by Crippen LogP contribution is -2.19. The molecule has 0 N–H and O–H groups in total. The number of hydrogen-bond acceptors (Lipinski definition) is 1. The largest absolute Gasteiger partial charge is 0.234 e. The number of nitrogens with zero attached hydrogens (tertiary/aromatic N) is 1. The van der Waals surface area contributed by atoms with Crippen LogP contribution in [0.15, 0.2) is 28.7 Å². The van der Waals surface area contributed by atoms with E-state index < -0.39 is 11.0 Å². The van der Waals surface area contributed by atoms with Crippen molar-refractivity contribution in [2.75, 3.05) is 0 Å². The average molecular weight is 237 g/mol. The van der Waals surface area contributed by atoms with Gasteiger partial charge in [0, 0.05) is 6.21 Å². The van der Waals surface area contributed by atoms with Crippen molar-refractivity contribution in [1.82, 2.24) is 0 Å². The Hall–Kier alpha value is -0.960. The van der Waals surface area contributed by atoms with Crippen LogP contribution >= 0.6 is 0 Å². The monoisotopic (exact) mass is 237 g/mol. The van der Waals surface area contributed by atoms with Crippen molar-refractivity contribution < 1.29 is 4.21 Å². The third-order valence-electron chi connectivity index (χ3n) is 2.18. The molecule has 1 atom stereocenters. The molecular weight excluding hydrogens is 218 g/mol. The lowest BCUT2D eigenvalue weighted by Gasteiger charge is -2.12. The first kappa shape index (κ1) is 13.1. The number of rotatable bonds is 3. The molecule has 0 aliphatic heterocycles. The topological polar surface area (TPSA) is 29.4 Å². The Labute approximate surface area is 100 Å². The maximum Gasteiger partial charge on any atom is 0.144 e. The standard InChI is InChI=1S/C13H19NOS/c1-5-11-7-6-8-12(9-11)10-14-16(15)13(2,3)4/h6-10H,5H2,1-4H3. The quantitative estimate of drug-likeness (QED) is 0.743. The van der Waals surface area contributed by atoms with Gasteiger partial charge in [0.05, 0.1) is 4.75 Å². The minimum absolute atomic E-state index is 0.293. The summed E-state index contributed by atoms with van der Waals surface area (Å²) in [6.07, 6.45) is 2.70. The predicted octanol–water partition coefficient (Wildman–Crippen LogP) is 3.13. The summed E-state index contributed by atoms with van der Waals surface area (Å²) in [4.78, 5) is 0. The molecule has 1 aromatic rings. The number of aryl methyl sites for hydroxylation is 1. The van der Waals surface area contributed by atoms with Crippen LogP contribution in [0.25, 0.3) is 0 Å². The van der Waals surface area contributed by atoms with Crippen molar-refractivity contribution in [2.45, 2.75) is 38.9 Å². The van der Waals surface area contributed by atoms with Gasteiger partial charge in [-0.05, 0) is 38.3 Å². The summed E-state index contributed by atoms with van der Waals surface area (Å²) in [5, 5.41) is 0. The van der Waals surface area contributed by atoms with Gasteiger partial charge in [0.2, 0.25) is 0 Å². The molecule has 0 heterocycles. The highest BCUT2D eigenvalue weighted by atomic mass is 32.2. The molecule has 1 rings (SSSR count). The molecule has 1 aromatic carbocycles. The molecule has 2 nitrogen and oxygen atoms in total. The summed E-state index contributed by atoms with van der Waals surface area (Å²) in [5.74, 6) is 0. The van der Waals surface area contributed by atoms with Gasteiger partial charge in [0.25, 0.3) is 0 Å². The third kappa shape index (κ3) is 3.89. The van der Waals surface area contributed by atoms with E-state index in [0.717, 1.165) is 12.0 Å². The first-order valence-corrected chi connectivity index (χ1v) is 6.59. The Kier molecular flexibility index (Phi) is 4.42. The number of hydrogen-bond donors (Lipinski definition) is 0. The van der Waals surface area contributed by atoms with E-state index in [1.807, 2.05) is 32.9 Å². The molecule has 0 bridgehead atoms. The van der Waals surface area contributed by atoms with Crippen LogP contribution in [-0.4, -0.2) is 15.2 Å². The van der Waals surface area contributed by atoms with Crippen LogP contribution in [-0.2, 0) is 17.4 Å². The van der Waals surface area contributed by atoms with Crippen LogP contribution in [0.4, 0.5) is 0 Å². The molecule has 88 valence electrons. The molecule has 0 radical (unpaired) electrons. The van der Waals surface area contributed by atoms with Crippen molar-refractivity contribution in [3.63, 3.8) is 0 Å². The Morgan fingerprint density at radius 1 is 1.38 bits per heavy atom. The van der Waals surface area contributed by atoms with Crippen molar-refractivity contribution >= 4 is 17.2 Å². The Bertz CT molecular complexity index is 405. The lowest BCUT2D eigenvalue weighted by atomic mass is 10.1. The van der Waals surface area contributed by atoms with E-state index in [0.29, 0.717) is 0 Å².